The van der Waals surface area contributed by atoms with E-state index in [1.165, 1.54) is 0 Å². The number of hydrogen-bond acceptors (Lipinski definition) is 5. The summed E-state index contributed by atoms with van der Waals surface area (Å²) in [5.74, 6) is -0.364. The zero-order valence-corrected chi connectivity index (χ0v) is 11.8. The Labute approximate surface area is 120 Å². The molecule has 0 aliphatic carbocycles. The van der Waals surface area contributed by atoms with Gasteiger partial charge < -0.3 is 9.64 Å². The van der Waals surface area contributed by atoms with Gasteiger partial charge in [0.15, 0.2) is 0 Å². The topological polar surface area (TPSA) is 55.3 Å². The zero-order valence-electron chi connectivity index (χ0n) is 11.8. The van der Waals surface area contributed by atoms with Crippen molar-refractivity contribution in [3.05, 3.63) is 18.0 Å². The standard InChI is InChI=1S/C13H16F3N3O2/c1-3-21-10(20)12(2)5-7-19(8-12)11-17-6-4-9(18-11)13(14,15)16/h4,6H,3,5,7-8H2,1-2H3. The van der Waals surface area contributed by atoms with Crippen molar-refractivity contribution in [3.63, 3.8) is 0 Å². The van der Waals surface area contributed by atoms with Gasteiger partial charge in [0.2, 0.25) is 5.95 Å². The van der Waals surface area contributed by atoms with Crippen LogP contribution in [-0.4, -0.2) is 35.6 Å². The predicted octanol–water partition coefficient (Wildman–Crippen LogP) is 2.27. The molecule has 1 saturated heterocycles. The molecule has 0 spiro atoms. The number of aromatic nitrogens is 2. The summed E-state index contributed by atoms with van der Waals surface area (Å²) in [4.78, 5) is 20.9. The molecule has 21 heavy (non-hydrogen) atoms. The largest absolute Gasteiger partial charge is 0.466 e. The molecule has 1 atom stereocenters. The molecule has 2 rings (SSSR count). The average Bonchev–Trinajstić information content (AvgIpc) is 2.82. The van der Waals surface area contributed by atoms with Crippen LogP contribution in [-0.2, 0) is 15.7 Å². The van der Waals surface area contributed by atoms with Gasteiger partial charge in [-0.15, -0.1) is 0 Å². The van der Waals surface area contributed by atoms with E-state index >= 15 is 0 Å². The first-order valence-electron chi connectivity index (χ1n) is 6.59. The van der Waals surface area contributed by atoms with Crippen LogP contribution in [0.5, 0.6) is 0 Å². The maximum Gasteiger partial charge on any atom is 0.433 e. The van der Waals surface area contributed by atoms with Crippen LogP contribution in [0.4, 0.5) is 19.1 Å². The lowest BCUT2D eigenvalue weighted by molar-refractivity contribution is -0.153. The van der Waals surface area contributed by atoms with Crippen LogP contribution in [0.1, 0.15) is 26.0 Å². The third-order valence-corrected chi connectivity index (χ3v) is 3.46. The van der Waals surface area contributed by atoms with E-state index in [9.17, 15) is 18.0 Å². The number of rotatable bonds is 3. The van der Waals surface area contributed by atoms with Crippen molar-refractivity contribution in [2.24, 2.45) is 5.41 Å². The highest BCUT2D eigenvalue weighted by Crippen LogP contribution is 2.34. The Kier molecular flexibility index (Phi) is 4.06. The molecule has 0 amide bonds. The molecule has 1 aliphatic heterocycles. The third-order valence-electron chi connectivity index (χ3n) is 3.46. The van der Waals surface area contributed by atoms with Crippen molar-refractivity contribution < 1.29 is 22.7 Å². The van der Waals surface area contributed by atoms with Gasteiger partial charge in [0.1, 0.15) is 5.69 Å². The van der Waals surface area contributed by atoms with Crippen molar-refractivity contribution in [2.45, 2.75) is 26.4 Å². The molecule has 0 radical (unpaired) electrons. The molecule has 1 aliphatic rings. The molecule has 0 N–H and O–H groups in total. The first-order valence-corrected chi connectivity index (χ1v) is 6.59. The Hall–Kier alpha value is -1.86. The second kappa shape index (κ2) is 5.50. The lowest BCUT2D eigenvalue weighted by atomic mass is 9.90. The molecule has 2 heterocycles. The number of halogens is 3. The second-order valence-electron chi connectivity index (χ2n) is 5.19. The van der Waals surface area contributed by atoms with Gasteiger partial charge in [-0.2, -0.15) is 13.2 Å². The number of alkyl halides is 3. The summed E-state index contributed by atoms with van der Waals surface area (Å²) in [7, 11) is 0. The molecule has 0 bridgehead atoms. The van der Waals surface area contributed by atoms with Crippen LogP contribution in [0, 0.1) is 5.41 Å². The Balaban J connectivity index is 2.17. The number of esters is 1. The van der Waals surface area contributed by atoms with Gasteiger partial charge in [-0.3, -0.25) is 4.79 Å². The van der Waals surface area contributed by atoms with Gasteiger partial charge in [0.05, 0.1) is 12.0 Å². The molecular weight excluding hydrogens is 287 g/mol. The van der Waals surface area contributed by atoms with Crippen molar-refractivity contribution >= 4 is 11.9 Å². The summed E-state index contributed by atoms with van der Waals surface area (Å²) < 4.78 is 43.0. The number of carbonyl (C=O) groups excluding carboxylic acids is 1. The fraction of sp³-hybridized carbons (Fsp3) is 0.615. The van der Waals surface area contributed by atoms with Gasteiger partial charge in [0.25, 0.3) is 0 Å². The van der Waals surface area contributed by atoms with Crippen LogP contribution < -0.4 is 4.90 Å². The summed E-state index contributed by atoms with van der Waals surface area (Å²) >= 11 is 0. The molecule has 1 aromatic rings. The monoisotopic (exact) mass is 303 g/mol. The van der Waals surface area contributed by atoms with Gasteiger partial charge in [-0.1, -0.05) is 0 Å². The molecule has 8 heteroatoms. The fourth-order valence-corrected chi connectivity index (χ4v) is 2.26. The minimum atomic E-state index is -4.51. The minimum Gasteiger partial charge on any atom is -0.466 e. The first-order chi connectivity index (χ1) is 9.76. The normalized spacial score (nSPS) is 22.4. The minimum absolute atomic E-state index is 0.0159. The average molecular weight is 303 g/mol. The van der Waals surface area contributed by atoms with Crippen molar-refractivity contribution in [3.8, 4) is 0 Å². The maximum atomic E-state index is 12.7. The van der Waals surface area contributed by atoms with E-state index in [4.69, 9.17) is 4.74 Å². The maximum absolute atomic E-state index is 12.7. The van der Waals surface area contributed by atoms with Crippen molar-refractivity contribution in [1.82, 2.24) is 9.97 Å². The van der Waals surface area contributed by atoms with E-state index in [0.29, 0.717) is 13.0 Å². The van der Waals surface area contributed by atoms with Crippen LogP contribution in [0.15, 0.2) is 12.3 Å². The summed E-state index contributed by atoms with van der Waals surface area (Å²) in [6.07, 6.45) is -2.95. The lowest BCUT2D eigenvalue weighted by Gasteiger charge is -2.22. The van der Waals surface area contributed by atoms with E-state index in [0.717, 1.165) is 12.3 Å². The first kappa shape index (κ1) is 15.5. The van der Waals surface area contributed by atoms with E-state index in [-0.39, 0.29) is 25.1 Å². The number of anilines is 1. The van der Waals surface area contributed by atoms with Gasteiger partial charge in [-0.05, 0) is 26.3 Å². The van der Waals surface area contributed by atoms with E-state index in [1.807, 2.05) is 0 Å². The molecule has 1 aromatic heterocycles. The highest BCUT2D eigenvalue weighted by molar-refractivity contribution is 5.78. The molecule has 0 saturated carbocycles. The Morgan fingerprint density at radius 2 is 2.24 bits per heavy atom. The second-order valence-corrected chi connectivity index (χ2v) is 5.19. The molecule has 116 valence electrons. The zero-order chi connectivity index (χ0) is 15.7. The smallest absolute Gasteiger partial charge is 0.433 e. The van der Waals surface area contributed by atoms with Crippen molar-refractivity contribution in [1.29, 1.82) is 0 Å². The summed E-state index contributed by atoms with van der Waals surface area (Å²) in [5.41, 5.74) is -1.73. The van der Waals surface area contributed by atoms with Crippen LogP contribution in [0.3, 0.4) is 0 Å². The predicted molar refractivity (Wildman–Crippen MR) is 68.6 cm³/mol. The highest BCUT2D eigenvalue weighted by Gasteiger charge is 2.43. The third kappa shape index (κ3) is 3.25. The van der Waals surface area contributed by atoms with Gasteiger partial charge >= 0.3 is 12.1 Å². The number of ether oxygens (including phenoxy) is 1. The van der Waals surface area contributed by atoms with Crippen LogP contribution in [0.2, 0.25) is 0 Å². The summed E-state index contributed by atoms with van der Waals surface area (Å²) in [6, 6.07) is 0.824. The number of carbonyl (C=O) groups is 1. The Bertz CT molecular complexity index is 536. The Morgan fingerprint density at radius 1 is 1.52 bits per heavy atom. The molecule has 5 nitrogen and oxygen atoms in total. The SMILES string of the molecule is CCOC(=O)C1(C)CCN(c2nccc(C(F)(F)F)n2)C1. The number of nitrogens with zero attached hydrogens (tertiary/aromatic N) is 3. The molecular formula is C13H16F3N3O2. The van der Waals surface area contributed by atoms with E-state index in [2.05, 4.69) is 9.97 Å². The summed E-state index contributed by atoms with van der Waals surface area (Å²) in [6.45, 7) is 4.38. The lowest BCUT2D eigenvalue weighted by Crippen LogP contribution is -2.34. The van der Waals surface area contributed by atoms with E-state index < -0.39 is 17.3 Å². The van der Waals surface area contributed by atoms with E-state index in [1.54, 1.807) is 18.7 Å². The fourth-order valence-electron chi connectivity index (χ4n) is 2.26. The quantitative estimate of drug-likeness (QED) is 0.802. The van der Waals surface area contributed by atoms with Crippen LogP contribution >= 0.6 is 0 Å². The van der Waals surface area contributed by atoms with Crippen LogP contribution in [0.25, 0.3) is 0 Å². The highest BCUT2D eigenvalue weighted by atomic mass is 19.4. The Morgan fingerprint density at radius 3 is 2.86 bits per heavy atom. The molecule has 1 unspecified atom stereocenters. The summed E-state index contributed by atoms with van der Waals surface area (Å²) in [5, 5.41) is 0. The number of hydrogen-bond donors (Lipinski definition) is 0. The molecule has 1 fully saturated rings. The van der Waals surface area contributed by atoms with Crippen molar-refractivity contribution in [2.75, 3.05) is 24.6 Å². The van der Waals surface area contributed by atoms with Gasteiger partial charge in [0, 0.05) is 19.3 Å². The van der Waals surface area contributed by atoms with Gasteiger partial charge in [-0.25, -0.2) is 9.97 Å². The molecule has 0 aromatic carbocycles.